The number of amides is 1. The SMILES string of the molecule is CCOc1ccccc1NC(=O)C(Sc1nc2ccccc2c(=O)n1C(C)CC)c1ccccc1. The summed E-state index contributed by atoms with van der Waals surface area (Å²) in [7, 11) is 0. The van der Waals surface area contributed by atoms with Gasteiger partial charge < -0.3 is 10.1 Å². The Morgan fingerprint density at radius 2 is 1.69 bits per heavy atom. The zero-order valence-corrected chi connectivity index (χ0v) is 20.9. The summed E-state index contributed by atoms with van der Waals surface area (Å²) in [5.41, 5.74) is 1.95. The number of aromatic nitrogens is 2. The summed E-state index contributed by atoms with van der Waals surface area (Å²) in [6, 6.07) is 24.2. The molecule has 2 atom stereocenters. The molecule has 0 spiro atoms. The molecule has 0 aliphatic heterocycles. The Labute approximate surface area is 209 Å². The van der Waals surface area contributed by atoms with Crippen molar-refractivity contribution in [1.82, 2.24) is 9.55 Å². The molecule has 4 aromatic rings. The molecule has 3 aromatic carbocycles. The van der Waals surface area contributed by atoms with Crippen molar-refractivity contribution in [3.63, 3.8) is 0 Å². The van der Waals surface area contributed by atoms with Crippen molar-refractivity contribution in [3.8, 4) is 5.75 Å². The van der Waals surface area contributed by atoms with E-state index in [1.165, 1.54) is 11.8 Å². The number of hydrogen-bond acceptors (Lipinski definition) is 5. The van der Waals surface area contributed by atoms with Crippen molar-refractivity contribution in [3.05, 3.63) is 94.8 Å². The fourth-order valence-electron chi connectivity index (χ4n) is 3.84. The quantitative estimate of drug-likeness (QED) is 0.224. The van der Waals surface area contributed by atoms with E-state index in [1.807, 2.05) is 93.6 Å². The van der Waals surface area contributed by atoms with Crippen molar-refractivity contribution >= 4 is 34.3 Å². The Hall–Kier alpha value is -3.58. The summed E-state index contributed by atoms with van der Waals surface area (Å²) in [6.45, 7) is 6.43. The van der Waals surface area contributed by atoms with Gasteiger partial charge in [0.05, 0.1) is 23.2 Å². The zero-order chi connectivity index (χ0) is 24.8. The normalized spacial score (nSPS) is 12.8. The Kier molecular flexibility index (Phi) is 7.87. The highest BCUT2D eigenvalue weighted by molar-refractivity contribution is 8.00. The van der Waals surface area contributed by atoms with Crippen LogP contribution in [0.25, 0.3) is 10.9 Å². The van der Waals surface area contributed by atoms with Crippen LogP contribution >= 0.6 is 11.8 Å². The zero-order valence-electron chi connectivity index (χ0n) is 20.1. The van der Waals surface area contributed by atoms with Crippen LogP contribution in [0.15, 0.2) is 88.8 Å². The van der Waals surface area contributed by atoms with Gasteiger partial charge in [0.2, 0.25) is 5.91 Å². The van der Waals surface area contributed by atoms with E-state index in [0.717, 1.165) is 12.0 Å². The smallest absolute Gasteiger partial charge is 0.262 e. The first kappa shape index (κ1) is 24.5. The maximum Gasteiger partial charge on any atom is 0.262 e. The van der Waals surface area contributed by atoms with Crippen LogP contribution in [0.3, 0.4) is 0 Å². The summed E-state index contributed by atoms with van der Waals surface area (Å²) in [5.74, 6) is 0.395. The Bertz CT molecular complexity index is 1370. The fourth-order valence-corrected chi connectivity index (χ4v) is 5.03. The van der Waals surface area contributed by atoms with Gasteiger partial charge in [0.15, 0.2) is 5.16 Å². The van der Waals surface area contributed by atoms with Crippen LogP contribution < -0.4 is 15.6 Å². The van der Waals surface area contributed by atoms with Crippen LogP contribution in [-0.2, 0) is 4.79 Å². The average molecular weight is 488 g/mol. The summed E-state index contributed by atoms with van der Waals surface area (Å²) in [6.07, 6.45) is 0.761. The van der Waals surface area contributed by atoms with Crippen LogP contribution in [-0.4, -0.2) is 22.1 Å². The van der Waals surface area contributed by atoms with Crippen LogP contribution in [0, 0.1) is 0 Å². The van der Waals surface area contributed by atoms with Crippen molar-refractivity contribution in [2.75, 3.05) is 11.9 Å². The summed E-state index contributed by atoms with van der Waals surface area (Å²) < 4.78 is 7.40. The number of anilines is 1. The minimum absolute atomic E-state index is 0.0692. The summed E-state index contributed by atoms with van der Waals surface area (Å²) in [4.78, 5) is 31.9. The van der Waals surface area contributed by atoms with Gasteiger partial charge in [-0.25, -0.2) is 4.98 Å². The van der Waals surface area contributed by atoms with Gasteiger partial charge in [-0.05, 0) is 50.1 Å². The van der Waals surface area contributed by atoms with E-state index in [9.17, 15) is 9.59 Å². The highest BCUT2D eigenvalue weighted by atomic mass is 32.2. The van der Waals surface area contributed by atoms with E-state index >= 15 is 0 Å². The molecule has 1 amide bonds. The molecule has 1 N–H and O–H groups in total. The minimum Gasteiger partial charge on any atom is -0.492 e. The molecule has 1 heterocycles. The molecule has 0 radical (unpaired) electrons. The number of hydrogen-bond donors (Lipinski definition) is 1. The molecule has 35 heavy (non-hydrogen) atoms. The molecule has 0 bridgehead atoms. The van der Waals surface area contributed by atoms with Crippen molar-refractivity contribution < 1.29 is 9.53 Å². The maximum absolute atomic E-state index is 13.7. The van der Waals surface area contributed by atoms with E-state index in [2.05, 4.69) is 5.32 Å². The second kappa shape index (κ2) is 11.2. The molecule has 2 unspecified atom stereocenters. The number of ether oxygens (including phenoxy) is 1. The lowest BCUT2D eigenvalue weighted by Crippen LogP contribution is -2.27. The minimum atomic E-state index is -0.630. The molecule has 0 fully saturated rings. The lowest BCUT2D eigenvalue weighted by atomic mass is 10.1. The molecular formula is C28H29N3O3S. The van der Waals surface area contributed by atoms with E-state index < -0.39 is 5.25 Å². The maximum atomic E-state index is 13.7. The number of nitrogens with one attached hydrogen (secondary N) is 1. The van der Waals surface area contributed by atoms with Gasteiger partial charge in [0.25, 0.3) is 5.56 Å². The van der Waals surface area contributed by atoms with Gasteiger partial charge in [-0.3, -0.25) is 14.2 Å². The lowest BCUT2D eigenvalue weighted by Gasteiger charge is -2.22. The van der Waals surface area contributed by atoms with Crippen LogP contribution in [0.5, 0.6) is 5.75 Å². The highest BCUT2D eigenvalue weighted by Crippen LogP contribution is 2.37. The average Bonchev–Trinajstić information content (AvgIpc) is 2.88. The number of carbonyl (C=O) groups excluding carboxylic acids is 1. The molecule has 0 saturated carbocycles. The van der Waals surface area contributed by atoms with Crippen molar-refractivity contribution in [1.29, 1.82) is 0 Å². The lowest BCUT2D eigenvalue weighted by molar-refractivity contribution is -0.115. The van der Waals surface area contributed by atoms with Gasteiger partial charge in [-0.15, -0.1) is 0 Å². The van der Waals surface area contributed by atoms with E-state index in [-0.39, 0.29) is 17.5 Å². The molecule has 0 saturated heterocycles. The summed E-state index contributed by atoms with van der Waals surface area (Å²) in [5, 5.41) is 3.49. The predicted molar refractivity (Wildman–Crippen MR) is 142 cm³/mol. The van der Waals surface area contributed by atoms with E-state index in [0.29, 0.717) is 34.1 Å². The third-order valence-corrected chi connectivity index (χ3v) is 7.04. The first-order valence-electron chi connectivity index (χ1n) is 11.8. The topological polar surface area (TPSA) is 73.2 Å². The Morgan fingerprint density at radius 1 is 1.00 bits per heavy atom. The molecular weight excluding hydrogens is 458 g/mol. The number of para-hydroxylation sites is 3. The predicted octanol–water partition coefficient (Wildman–Crippen LogP) is 6.24. The third kappa shape index (κ3) is 5.41. The van der Waals surface area contributed by atoms with Crippen LogP contribution in [0.4, 0.5) is 5.69 Å². The molecule has 0 aliphatic rings. The summed E-state index contributed by atoms with van der Waals surface area (Å²) >= 11 is 1.29. The number of rotatable bonds is 9. The van der Waals surface area contributed by atoms with Gasteiger partial charge in [0.1, 0.15) is 11.0 Å². The monoisotopic (exact) mass is 487 g/mol. The second-order valence-electron chi connectivity index (χ2n) is 8.17. The first-order valence-corrected chi connectivity index (χ1v) is 12.7. The molecule has 6 nitrogen and oxygen atoms in total. The fraction of sp³-hybridized carbons (Fsp3) is 0.250. The van der Waals surface area contributed by atoms with Gasteiger partial charge >= 0.3 is 0 Å². The first-order chi connectivity index (χ1) is 17.0. The molecule has 0 aliphatic carbocycles. The standard InChI is InChI=1S/C28H29N3O3S/c1-4-19(3)31-27(33)21-15-9-10-16-22(21)30-28(31)35-25(20-13-7-6-8-14-20)26(32)29-23-17-11-12-18-24(23)34-5-2/h6-19,25H,4-5H2,1-3H3,(H,29,32). The highest BCUT2D eigenvalue weighted by Gasteiger charge is 2.27. The second-order valence-corrected chi connectivity index (χ2v) is 9.24. The van der Waals surface area contributed by atoms with Crippen LogP contribution in [0.2, 0.25) is 0 Å². The third-order valence-electron chi connectivity index (χ3n) is 5.82. The van der Waals surface area contributed by atoms with Gasteiger partial charge in [-0.2, -0.15) is 0 Å². The van der Waals surface area contributed by atoms with Crippen molar-refractivity contribution in [2.45, 2.75) is 43.6 Å². The number of thioether (sulfide) groups is 1. The molecule has 180 valence electrons. The van der Waals surface area contributed by atoms with Crippen LogP contribution in [0.1, 0.15) is 44.0 Å². The largest absolute Gasteiger partial charge is 0.492 e. The molecule has 4 rings (SSSR count). The van der Waals surface area contributed by atoms with E-state index in [4.69, 9.17) is 9.72 Å². The number of nitrogens with zero attached hydrogens (tertiary/aromatic N) is 2. The van der Waals surface area contributed by atoms with Gasteiger partial charge in [0, 0.05) is 6.04 Å². The number of benzene rings is 3. The number of carbonyl (C=O) groups is 1. The Morgan fingerprint density at radius 3 is 2.43 bits per heavy atom. The van der Waals surface area contributed by atoms with Gasteiger partial charge in [-0.1, -0.05) is 73.3 Å². The molecule has 7 heteroatoms. The van der Waals surface area contributed by atoms with Crippen molar-refractivity contribution in [2.24, 2.45) is 0 Å². The number of fused-ring (bicyclic) bond motifs is 1. The van der Waals surface area contributed by atoms with E-state index in [1.54, 1.807) is 10.6 Å². The Balaban J connectivity index is 1.78. The molecule has 1 aromatic heterocycles.